The first-order valence-corrected chi connectivity index (χ1v) is 12.1. The number of para-hydroxylation sites is 1. The lowest BCUT2D eigenvalue weighted by Gasteiger charge is -2.35. The molecule has 1 fully saturated rings. The van der Waals surface area contributed by atoms with Gasteiger partial charge in [0.05, 0.1) is 23.4 Å². The zero-order chi connectivity index (χ0) is 25.0. The second kappa shape index (κ2) is 11.0. The number of hydrogen-bond acceptors (Lipinski definition) is 4. The van der Waals surface area contributed by atoms with E-state index in [-0.39, 0.29) is 29.8 Å². The molecule has 0 spiro atoms. The summed E-state index contributed by atoms with van der Waals surface area (Å²) in [6.45, 7) is 8.28. The molecule has 9 heteroatoms. The molecule has 2 heterocycles. The number of rotatable bonds is 9. The number of H-pyrrole nitrogens is 1. The standard InChI is InChI=1S/C25H36FN5O3/c1-14(2)12-17(23(27)33)18(13-21(32)31-11-6-5-8-15(31)3)25(34)28-16(4)24-29-20-10-7-9-19(26)22(20)30-24/h7,9-10,14-18H,5-6,8,11-13H2,1-4H3,(H2,27,33)(H,28,34)(H,29,30)/t15-,16-,17?,18-/m0/s1. The second-order valence-corrected chi connectivity index (χ2v) is 9.87. The number of piperidine rings is 1. The molecule has 34 heavy (non-hydrogen) atoms. The van der Waals surface area contributed by atoms with E-state index in [0.717, 1.165) is 19.3 Å². The van der Waals surface area contributed by atoms with Gasteiger partial charge in [-0.05, 0) is 57.6 Å². The van der Waals surface area contributed by atoms with E-state index in [1.54, 1.807) is 19.1 Å². The highest BCUT2D eigenvalue weighted by Gasteiger charge is 2.37. The van der Waals surface area contributed by atoms with Crippen molar-refractivity contribution in [2.24, 2.45) is 23.5 Å². The van der Waals surface area contributed by atoms with Crippen LogP contribution in [0.4, 0.5) is 4.39 Å². The summed E-state index contributed by atoms with van der Waals surface area (Å²) in [7, 11) is 0. The Bertz CT molecular complexity index is 1040. The Morgan fingerprint density at radius 1 is 1.24 bits per heavy atom. The summed E-state index contributed by atoms with van der Waals surface area (Å²) < 4.78 is 14.1. The molecule has 1 aromatic heterocycles. The van der Waals surface area contributed by atoms with Crippen LogP contribution in [0.1, 0.15) is 71.7 Å². The third kappa shape index (κ3) is 5.93. The Morgan fingerprint density at radius 3 is 2.59 bits per heavy atom. The Hall–Kier alpha value is -2.97. The highest BCUT2D eigenvalue weighted by atomic mass is 19.1. The number of aromatic amines is 1. The van der Waals surface area contributed by atoms with E-state index in [0.29, 0.717) is 24.3 Å². The topological polar surface area (TPSA) is 121 Å². The van der Waals surface area contributed by atoms with Crippen molar-refractivity contribution in [2.45, 2.75) is 71.9 Å². The largest absolute Gasteiger partial charge is 0.369 e. The molecule has 1 aliphatic rings. The molecular weight excluding hydrogens is 437 g/mol. The SMILES string of the molecule is CC(C)CC(C(N)=O)[C@H](CC(=O)N1CCCC[C@@H]1C)C(=O)N[C@@H](C)c1nc2c(F)cccc2[nH]1. The number of nitrogens with zero attached hydrogens (tertiary/aromatic N) is 2. The van der Waals surface area contributed by atoms with Gasteiger partial charge in [0.15, 0.2) is 5.82 Å². The summed E-state index contributed by atoms with van der Waals surface area (Å²) in [5.74, 6) is -2.78. The maximum atomic E-state index is 14.1. The van der Waals surface area contributed by atoms with E-state index in [2.05, 4.69) is 15.3 Å². The number of nitrogens with two attached hydrogens (primary N) is 1. The van der Waals surface area contributed by atoms with E-state index >= 15 is 0 Å². The minimum absolute atomic E-state index is 0.0853. The minimum atomic E-state index is -0.898. The molecule has 1 saturated heterocycles. The van der Waals surface area contributed by atoms with Gasteiger partial charge in [-0.3, -0.25) is 14.4 Å². The fraction of sp³-hybridized carbons (Fsp3) is 0.600. The molecule has 0 radical (unpaired) electrons. The summed E-state index contributed by atoms with van der Waals surface area (Å²) in [5.41, 5.74) is 6.43. The monoisotopic (exact) mass is 473 g/mol. The van der Waals surface area contributed by atoms with Crippen LogP contribution >= 0.6 is 0 Å². The van der Waals surface area contributed by atoms with Gasteiger partial charge in [-0.1, -0.05) is 19.9 Å². The molecule has 2 aromatic rings. The third-order valence-electron chi connectivity index (χ3n) is 6.68. The quantitative estimate of drug-likeness (QED) is 0.516. The molecule has 1 unspecified atom stereocenters. The minimum Gasteiger partial charge on any atom is -0.369 e. The molecule has 1 aromatic carbocycles. The van der Waals surface area contributed by atoms with E-state index in [1.807, 2.05) is 25.7 Å². The number of halogens is 1. The number of benzene rings is 1. The number of fused-ring (bicyclic) bond motifs is 1. The van der Waals surface area contributed by atoms with Crippen LogP contribution < -0.4 is 11.1 Å². The van der Waals surface area contributed by atoms with Crippen molar-refractivity contribution in [3.8, 4) is 0 Å². The predicted molar refractivity (Wildman–Crippen MR) is 128 cm³/mol. The number of imidazole rings is 1. The lowest BCUT2D eigenvalue weighted by molar-refractivity contribution is -0.142. The Balaban J connectivity index is 1.82. The van der Waals surface area contributed by atoms with Gasteiger partial charge in [0.25, 0.3) is 0 Å². The van der Waals surface area contributed by atoms with E-state index in [4.69, 9.17) is 5.73 Å². The van der Waals surface area contributed by atoms with Gasteiger partial charge >= 0.3 is 0 Å². The molecule has 1 aliphatic heterocycles. The average Bonchev–Trinajstić information content (AvgIpc) is 3.22. The molecule has 0 saturated carbocycles. The van der Waals surface area contributed by atoms with Crippen LogP contribution in [0.15, 0.2) is 18.2 Å². The molecule has 8 nitrogen and oxygen atoms in total. The van der Waals surface area contributed by atoms with Gasteiger partial charge in [-0.2, -0.15) is 0 Å². The summed E-state index contributed by atoms with van der Waals surface area (Å²) in [5, 5.41) is 2.87. The van der Waals surface area contributed by atoms with Crippen LogP contribution in [0.5, 0.6) is 0 Å². The predicted octanol–water partition coefficient (Wildman–Crippen LogP) is 3.43. The number of primary amides is 1. The van der Waals surface area contributed by atoms with Gasteiger partial charge in [0.2, 0.25) is 17.7 Å². The van der Waals surface area contributed by atoms with Crippen molar-refractivity contribution in [2.75, 3.05) is 6.54 Å². The van der Waals surface area contributed by atoms with E-state index in [1.165, 1.54) is 6.07 Å². The number of nitrogens with one attached hydrogen (secondary N) is 2. The lowest BCUT2D eigenvalue weighted by atomic mass is 9.81. The van der Waals surface area contributed by atoms with Crippen LogP contribution in [0.2, 0.25) is 0 Å². The fourth-order valence-corrected chi connectivity index (χ4v) is 4.79. The number of amides is 3. The van der Waals surface area contributed by atoms with Crippen LogP contribution in [0, 0.1) is 23.6 Å². The molecule has 4 atom stereocenters. The maximum Gasteiger partial charge on any atom is 0.225 e. The van der Waals surface area contributed by atoms with Crippen LogP contribution in [0.25, 0.3) is 11.0 Å². The first-order chi connectivity index (χ1) is 16.1. The van der Waals surface area contributed by atoms with Crippen molar-refractivity contribution in [3.63, 3.8) is 0 Å². The Kier molecular flexibility index (Phi) is 8.28. The maximum absolute atomic E-state index is 14.1. The van der Waals surface area contributed by atoms with Crippen LogP contribution in [-0.2, 0) is 14.4 Å². The molecule has 3 rings (SSSR count). The summed E-state index contributed by atoms with van der Waals surface area (Å²) in [6.07, 6.45) is 3.24. The highest BCUT2D eigenvalue weighted by Crippen LogP contribution is 2.28. The third-order valence-corrected chi connectivity index (χ3v) is 6.68. The normalized spacial score (nSPS) is 19.1. The molecular formula is C25H36FN5O3. The van der Waals surface area contributed by atoms with Gasteiger partial charge in [-0.25, -0.2) is 9.37 Å². The molecule has 3 amide bonds. The number of carbonyl (C=O) groups excluding carboxylic acids is 3. The van der Waals surface area contributed by atoms with Gasteiger partial charge in [0, 0.05) is 19.0 Å². The van der Waals surface area contributed by atoms with Crippen molar-refractivity contribution >= 4 is 28.8 Å². The van der Waals surface area contributed by atoms with Crippen LogP contribution in [0.3, 0.4) is 0 Å². The van der Waals surface area contributed by atoms with Gasteiger partial charge in [0.1, 0.15) is 11.3 Å². The zero-order valence-electron chi connectivity index (χ0n) is 20.4. The molecule has 0 aliphatic carbocycles. The van der Waals surface area contributed by atoms with Crippen LogP contribution in [-0.4, -0.2) is 45.2 Å². The Labute approximate surface area is 199 Å². The number of aromatic nitrogens is 2. The van der Waals surface area contributed by atoms with Crippen molar-refractivity contribution in [3.05, 3.63) is 29.8 Å². The zero-order valence-corrected chi connectivity index (χ0v) is 20.4. The smallest absolute Gasteiger partial charge is 0.225 e. The first kappa shape index (κ1) is 25.6. The Morgan fingerprint density at radius 2 is 1.97 bits per heavy atom. The van der Waals surface area contributed by atoms with Gasteiger partial charge in [-0.15, -0.1) is 0 Å². The van der Waals surface area contributed by atoms with Crippen molar-refractivity contribution < 1.29 is 18.8 Å². The van der Waals surface area contributed by atoms with E-state index < -0.39 is 35.5 Å². The molecule has 186 valence electrons. The molecule has 4 N–H and O–H groups in total. The lowest BCUT2D eigenvalue weighted by Crippen LogP contribution is -2.47. The van der Waals surface area contributed by atoms with Gasteiger partial charge < -0.3 is 20.9 Å². The average molecular weight is 474 g/mol. The molecule has 0 bridgehead atoms. The summed E-state index contributed by atoms with van der Waals surface area (Å²) in [6, 6.07) is 4.12. The summed E-state index contributed by atoms with van der Waals surface area (Å²) in [4.78, 5) is 48.1. The fourth-order valence-electron chi connectivity index (χ4n) is 4.79. The van der Waals surface area contributed by atoms with E-state index in [9.17, 15) is 18.8 Å². The van der Waals surface area contributed by atoms with Crippen molar-refractivity contribution in [1.29, 1.82) is 0 Å². The highest BCUT2D eigenvalue weighted by molar-refractivity contribution is 5.91. The summed E-state index contributed by atoms with van der Waals surface area (Å²) >= 11 is 0. The first-order valence-electron chi connectivity index (χ1n) is 12.1. The number of hydrogen-bond donors (Lipinski definition) is 3. The number of carbonyl (C=O) groups is 3. The second-order valence-electron chi connectivity index (χ2n) is 9.87. The number of likely N-dealkylation sites (tertiary alicyclic amines) is 1. The van der Waals surface area contributed by atoms with Crippen molar-refractivity contribution in [1.82, 2.24) is 20.2 Å².